The van der Waals surface area contributed by atoms with E-state index in [0.29, 0.717) is 0 Å². The molecule has 0 heterocycles. The first-order valence-corrected chi connectivity index (χ1v) is 4.45. The molecule has 0 aliphatic heterocycles. The van der Waals surface area contributed by atoms with Gasteiger partial charge in [0.15, 0.2) is 0 Å². The van der Waals surface area contributed by atoms with Crippen molar-refractivity contribution in [3.05, 3.63) is 28.0 Å². The maximum absolute atomic E-state index is 13.0. The summed E-state index contributed by atoms with van der Waals surface area (Å²) < 4.78 is 37.6. The molecular weight excluding hydrogens is 263 g/mol. The first-order valence-electron chi connectivity index (χ1n) is 3.65. The van der Waals surface area contributed by atoms with Crippen LogP contribution in [-0.2, 0) is 0 Å². The molecule has 0 amide bonds. The molecular formula is C8H7BrF3NO. The summed E-state index contributed by atoms with van der Waals surface area (Å²) in [6.07, 6.45) is -2.93. The molecule has 1 atom stereocenters. The Balaban J connectivity index is 3.25. The Hall–Kier alpha value is -0.750. The molecule has 0 saturated carbocycles. The highest BCUT2D eigenvalue weighted by Gasteiger charge is 2.25. The van der Waals surface area contributed by atoms with Crippen molar-refractivity contribution in [2.24, 2.45) is 5.73 Å². The molecule has 0 aliphatic rings. The van der Waals surface area contributed by atoms with E-state index in [1.807, 2.05) is 0 Å². The van der Waals surface area contributed by atoms with E-state index in [0.717, 1.165) is 6.07 Å². The summed E-state index contributed by atoms with van der Waals surface area (Å²) in [5.41, 5.74) is 4.46. The fraction of sp³-hybridized carbons (Fsp3) is 0.250. The Bertz CT molecular complexity index is 346. The molecule has 0 radical (unpaired) electrons. The maximum atomic E-state index is 13.0. The zero-order valence-electron chi connectivity index (χ0n) is 6.85. The molecule has 2 nitrogen and oxygen atoms in total. The van der Waals surface area contributed by atoms with Gasteiger partial charge in [-0.15, -0.1) is 0 Å². The third kappa shape index (κ3) is 2.01. The van der Waals surface area contributed by atoms with E-state index in [4.69, 9.17) is 5.73 Å². The Kier molecular flexibility index (Phi) is 3.38. The summed E-state index contributed by atoms with van der Waals surface area (Å²) in [7, 11) is 0. The van der Waals surface area contributed by atoms with Crippen molar-refractivity contribution in [1.82, 2.24) is 0 Å². The van der Waals surface area contributed by atoms with Gasteiger partial charge in [0.2, 0.25) is 0 Å². The minimum atomic E-state index is -2.93. The number of hydrogen-bond donors (Lipinski definition) is 2. The van der Waals surface area contributed by atoms with Gasteiger partial charge in [0.05, 0.1) is 16.1 Å². The molecule has 0 aliphatic carbocycles. The van der Waals surface area contributed by atoms with Crippen LogP contribution in [0.4, 0.5) is 13.2 Å². The molecule has 0 saturated heterocycles. The molecule has 1 aromatic rings. The van der Waals surface area contributed by atoms with E-state index in [1.54, 1.807) is 0 Å². The Morgan fingerprint density at radius 3 is 2.43 bits per heavy atom. The monoisotopic (exact) mass is 269 g/mol. The van der Waals surface area contributed by atoms with Gasteiger partial charge in [-0.25, -0.2) is 13.2 Å². The minimum Gasteiger partial charge on any atom is -0.506 e. The summed E-state index contributed by atoms with van der Waals surface area (Å²) in [5, 5.41) is 9.30. The van der Waals surface area contributed by atoms with Crippen molar-refractivity contribution in [2.75, 3.05) is 0 Å². The molecule has 0 unspecified atom stereocenters. The van der Waals surface area contributed by atoms with Gasteiger partial charge in [-0.3, -0.25) is 0 Å². The molecule has 78 valence electrons. The average molecular weight is 270 g/mol. The third-order valence-electron chi connectivity index (χ3n) is 1.72. The number of rotatable bonds is 2. The molecule has 0 spiro atoms. The van der Waals surface area contributed by atoms with Gasteiger partial charge < -0.3 is 10.8 Å². The Morgan fingerprint density at radius 1 is 1.36 bits per heavy atom. The van der Waals surface area contributed by atoms with Crippen LogP contribution in [0.25, 0.3) is 0 Å². The summed E-state index contributed by atoms with van der Waals surface area (Å²) in [6, 6.07) is 0.348. The van der Waals surface area contributed by atoms with Crippen LogP contribution in [-0.4, -0.2) is 11.5 Å². The number of hydrogen-bond acceptors (Lipinski definition) is 2. The van der Waals surface area contributed by atoms with Gasteiger partial charge in [-0.2, -0.15) is 0 Å². The van der Waals surface area contributed by atoms with Gasteiger partial charge in [-0.05, 0) is 28.1 Å². The fourth-order valence-corrected chi connectivity index (χ4v) is 1.35. The summed E-state index contributed by atoms with van der Waals surface area (Å²) in [4.78, 5) is 0. The highest BCUT2D eigenvalue weighted by molar-refractivity contribution is 9.10. The van der Waals surface area contributed by atoms with E-state index in [1.165, 1.54) is 6.07 Å². The molecule has 1 aromatic carbocycles. The number of benzene rings is 1. The second-order valence-electron chi connectivity index (χ2n) is 2.65. The van der Waals surface area contributed by atoms with Gasteiger partial charge >= 0.3 is 0 Å². The number of phenols is 1. The largest absolute Gasteiger partial charge is 0.506 e. The number of halogens is 4. The lowest BCUT2D eigenvalue weighted by Crippen LogP contribution is -2.20. The zero-order chi connectivity index (χ0) is 10.9. The third-order valence-corrected chi connectivity index (χ3v) is 2.36. The van der Waals surface area contributed by atoms with Crippen LogP contribution in [0.1, 0.15) is 11.6 Å². The second-order valence-corrected chi connectivity index (χ2v) is 3.51. The van der Waals surface area contributed by atoms with Crippen LogP contribution in [0.5, 0.6) is 5.75 Å². The SMILES string of the molecule is N[C@H](c1c(F)ccc(Br)c1O)C(F)F. The van der Waals surface area contributed by atoms with Crippen molar-refractivity contribution in [3.63, 3.8) is 0 Å². The van der Waals surface area contributed by atoms with Gasteiger partial charge in [0, 0.05) is 0 Å². The Morgan fingerprint density at radius 2 is 1.93 bits per heavy atom. The molecule has 0 aromatic heterocycles. The molecule has 3 N–H and O–H groups in total. The highest BCUT2D eigenvalue weighted by atomic mass is 79.9. The lowest BCUT2D eigenvalue weighted by Gasteiger charge is -2.14. The molecule has 0 fully saturated rings. The minimum absolute atomic E-state index is 0.130. The number of nitrogens with two attached hydrogens (primary N) is 1. The number of alkyl halides is 2. The van der Waals surface area contributed by atoms with Crippen molar-refractivity contribution in [2.45, 2.75) is 12.5 Å². The molecule has 1 rings (SSSR count). The first-order chi connectivity index (χ1) is 6.45. The van der Waals surface area contributed by atoms with E-state index in [-0.39, 0.29) is 4.47 Å². The summed E-state index contributed by atoms with van der Waals surface area (Å²) in [5.74, 6) is -1.53. The van der Waals surface area contributed by atoms with Gasteiger partial charge in [0.1, 0.15) is 11.6 Å². The predicted octanol–water partition coefficient (Wildman–Crippen LogP) is 2.56. The van der Waals surface area contributed by atoms with Crippen molar-refractivity contribution < 1.29 is 18.3 Å². The maximum Gasteiger partial charge on any atom is 0.257 e. The van der Waals surface area contributed by atoms with Crippen molar-refractivity contribution in [3.8, 4) is 5.75 Å². The van der Waals surface area contributed by atoms with Crippen LogP contribution >= 0.6 is 15.9 Å². The van der Waals surface area contributed by atoms with Crippen LogP contribution < -0.4 is 5.73 Å². The van der Waals surface area contributed by atoms with E-state index in [9.17, 15) is 18.3 Å². The topological polar surface area (TPSA) is 46.2 Å². The number of phenolic OH excluding ortho intramolecular Hbond substituents is 1. The van der Waals surface area contributed by atoms with E-state index < -0.39 is 29.6 Å². The quantitative estimate of drug-likeness (QED) is 0.867. The van der Waals surface area contributed by atoms with Gasteiger partial charge in [-0.1, -0.05) is 0 Å². The van der Waals surface area contributed by atoms with Crippen molar-refractivity contribution in [1.29, 1.82) is 0 Å². The lowest BCUT2D eigenvalue weighted by molar-refractivity contribution is 0.113. The Labute approximate surface area is 86.7 Å². The van der Waals surface area contributed by atoms with Gasteiger partial charge in [0.25, 0.3) is 6.43 Å². The lowest BCUT2D eigenvalue weighted by atomic mass is 10.1. The number of aromatic hydroxyl groups is 1. The normalized spacial score (nSPS) is 13.3. The first kappa shape index (κ1) is 11.3. The predicted molar refractivity (Wildman–Crippen MR) is 48.7 cm³/mol. The standard InChI is InChI=1S/C8H7BrF3NO/c9-3-1-2-4(10)5(7(3)14)6(13)8(11)12/h1-2,6,8,14H,13H2/t6-/m1/s1. The smallest absolute Gasteiger partial charge is 0.257 e. The fourth-order valence-electron chi connectivity index (χ4n) is 1.000. The molecule has 6 heteroatoms. The van der Waals surface area contributed by atoms with Crippen LogP contribution in [0.15, 0.2) is 16.6 Å². The van der Waals surface area contributed by atoms with E-state index in [2.05, 4.69) is 15.9 Å². The summed E-state index contributed by atoms with van der Waals surface area (Å²) in [6.45, 7) is 0. The second kappa shape index (κ2) is 4.18. The van der Waals surface area contributed by atoms with Crippen LogP contribution in [0.2, 0.25) is 0 Å². The summed E-state index contributed by atoms with van der Waals surface area (Å²) >= 11 is 2.88. The van der Waals surface area contributed by atoms with Crippen LogP contribution in [0, 0.1) is 5.82 Å². The average Bonchev–Trinajstić information content (AvgIpc) is 2.12. The van der Waals surface area contributed by atoms with Crippen LogP contribution in [0.3, 0.4) is 0 Å². The van der Waals surface area contributed by atoms with E-state index >= 15 is 0 Å². The highest BCUT2D eigenvalue weighted by Crippen LogP contribution is 2.35. The zero-order valence-corrected chi connectivity index (χ0v) is 8.43. The molecule has 0 bridgehead atoms. The van der Waals surface area contributed by atoms with Crippen molar-refractivity contribution >= 4 is 15.9 Å². The molecule has 14 heavy (non-hydrogen) atoms.